The molecule has 7 nitrogen and oxygen atoms in total. The van der Waals surface area contributed by atoms with Gasteiger partial charge in [0.25, 0.3) is 11.5 Å². The lowest BCUT2D eigenvalue weighted by atomic mass is 10.1. The highest BCUT2D eigenvalue weighted by Gasteiger charge is 2.24. The van der Waals surface area contributed by atoms with Crippen LogP contribution in [0.2, 0.25) is 0 Å². The lowest BCUT2D eigenvalue weighted by Gasteiger charge is -2.27. The number of carbonyl (C=O) groups is 1. The smallest absolute Gasteiger partial charge is 0.255 e. The van der Waals surface area contributed by atoms with Gasteiger partial charge in [-0.3, -0.25) is 14.7 Å². The third-order valence-electron chi connectivity index (χ3n) is 4.59. The molecular formula is C20H23N5O2. The topological polar surface area (TPSA) is 94.7 Å². The molecule has 27 heavy (non-hydrogen) atoms. The molecule has 3 heterocycles. The largest absolute Gasteiger partial charge is 0.332 e. The molecule has 0 atom stereocenters. The van der Waals surface area contributed by atoms with E-state index in [2.05, 4.69) is 26.7 Å². The van der Waals surface area contributed by atoms with Crippen LogP contribution >= 0.6 is 0 Å². The van der Waals surface area contributed by atoms with Crippen molar-refractivity contribution < 1.29 is 4.79 Å². The standard InChI is InChI=1S/C20H23N5O2/c1-6-14-8-15(16-9-21-24-18(16)23-14)20(27)25(11(2)3)10-17-12(4)7-13(5)22-19(17)26/h6-9,11H,1,10H2,2-5H3,(H,22,26)(H,21,23,24). The Morgan fingerprint density at radius 3 is 2.70 bits per heavy atom. The number of amides is 1. The van der Waals surface area contributed by atoms with Crippen molar-refractivity contribution in [2.45, 2.75) is 40.3 Å². The maximum Gasteiger partial charge on any atom is 0.255 e. The predicted octanol–water partition coefficient (Wildman–Crippen LogP) is 2.96. The second-order valence-electron chi connectivity index (χ2n) is 6.90. The Hall–Kier alpha value is -3.22. The number of pyridine rings is 2. The van der Waals surface area contributed by atoms with Crippen molar-refractivity contribution in [3.05, 3.63) is 63.3 Å². The summed E-state index contributed by atoms with van der Waals surface area (Å²) in [6, 6.07) is 3.52. The minimum Gasteiger partial charge on any atom is -0.332 e. The number of rotatable bonds is 5. The average molecular weight is 365 g/mol. The normalized spacial score (nSPS) is 11.1. The van der Waals surface area contributed by atoms with Crippen LogP contribution in [-0.4, -0.2) is 37.0 Å². The van der Waals surface area contributed by atoms with Gasteiger partial charge in [-0.15, -0.1) is 0 Å². The van der Waals surface area contributed by atoms with Crippen LogP contribution in [0.15, 0.2) is 29.7 Å². The van der Waals surface area contributed by atoms with Crippen molar-refractivity contribution in [2.24, 2.45) is 0 Å². The third kappa shape index (κ3) is 3.53. The summed E-state index contributed by atoms with van der Waals surface area (Å²) in [5.41, 5.74) is 3.69. The lowest BCUT2D eigenvalue weighted by molar-refractivity contribution is 0.0691. The molecule has 0 spiro atoms. The van der Waals surface area contributed by atoms with Crippen molar-refractivity contribution in [3.63, 3.8) is 0 Å². The first-order valence-corrected chi connectivity index (χ1v) is 8.78. The first-order valence-electron chi connectivity index (χ1n) is 8.78. The molecule has 3 aromatic heterocycles. The van der Waals surface area contributed by atoms with E-state index in [1.54, 1.807) is 23.2 Å². The summed E-state index contributed by atoms with van der Waals surface area (Å²) in [6.07, 6.45) is 3.18. The van der Waals surface area contributed by atoms with E-state index >= 15 is 0 Å². The Morgan fingerprint density at radius 1 is 1.33 bits per heavy atom. The first-order chi connectivity index (χ1) is 12.8. The van der Waals surface area contributed by atoms with Crippen molar-refractivity contribution in [1.29, 1.82) is 0 Å². The van der Waals surface area contributed by atoms with Gasteiger partial charge >= 0.3 is 0 Å². The van der Waals surface area contributed by atoms with Crippen LogP contribution in [0.25, 0.3) is 17.1 Å². The fourth-order valence-corrected chi connectivity index (χ4v) is 3.12. The summed E-state index contributed by atoms with van der Waals surface area (Å²) in [7, 11) is 0. The van der Waals surface area contributed by atoms with E-state index < -0.39 is 0 Å². The monoisotopic (exact) mass is 365 g/mol. The number of H-pyrrole nitrogens is 2. The maximum atomic E-state index is 13.4. The number of aryl methyl sites for hydroxylation is 2. The zero-order valence-electron chi connectivity index (χ0n) is 16.0. The van der Waals surface area contributed by atoms with Crippen LogP contribution in [0.4, 0.5) is 0 Å². The first kappa shape index (κ1) is 18.6. The van der Waals surface area contributed by atoms with E-state index in [1.165, 1.54) is 0 Å². The second kappa shape index (κ2) is 7.19. The van der Waals surface area contributed by atoms with Crippen molar-refractivity contribution in [3.8, 4) is 0 Å². The van der Waals surface area contributed by atoms with Crippen molar-refractivity contribution in [2.75, 3.05) is 0 Å². The number of fused-ring (bicyclic) bond motifs is 1. The van der Waals surface area contributed by atoms with E-state index in [9.17, 15) is 9.59 Å². The molecule has 140 valence electrons. The van der Waals surface area contributed by atoms with Gasteiger partial charge in [-0.25, -0.2) is 4.98 Å². The van der Waals surface area contributed by atoms with Gasteiger partial charge in [0.05, 0.1) is 29.4 Å². The summed E-state index contributed by atoms with van der Waals surface area (Å²) >= 11 is 0. The van der Waals surface area contributed by atoms with Crippen LogP contribution in [0.3, 0.4) is 0 Å². The van der Waals surface area contributed by atoms with Crippen LogP contribution in [0.1, 0.15) is 46.7 Å². The van der Waals surface area contributed by atoms with Crippen LogP contribution < -0.4 is 5.56 Å². The summed E-state index contributed by atoms with van der Waals surface area (Å²) in [5, 5.41) is 7.44. The fraction of sp³-hybridized carbons (Fsp3) is 0.300. The molecule has 3 rings (SSSR count). The Bertz CT molecular complexity index is 1080. The van der Waals surface area contributed by atoms with Crippen molar-refractivity contribution >= 4 is 23.0 Å². The summed E-state index contributed by atoms with van der Waals surface area (Å²) < 4.78 is 0. The maximum absolute atomic E-state index is 13.4. The predicted molar refractivity (Wildman–Crippen MR) is 106 cm³/mol. The van der Waals surface area contributed by atoms with Gasteiger partial charge in [0.1, 0.15) is 0 Å². The molecule has 0 aliphatic rings. The summed E-state index contributed by atoms with van der Waals surface area (Å²) in [6.45, 7) is 11.5. The highest BCUT2D eigenvalue weighted by atomic mass is 16.2. The SMILES string of the molecule is C=Cc1cc(C(=O)N(Cc2c(C)cc(C)[nH]c2=O)C(C)C)c2cn[nH]c2n1. The molecule has 7 heteroatoms. The lowest BCUT2D eigenvalue weighted by Crippen LogP contribution is -2.38. The molecule has 0 aromatic carbocycles. The van der Waals surface area contributed by atoms with Crippen LogP contribution in [-0.2, 0) is 6.54 Å². The molecule has 0 saturated carbocycles. The molecule has 1 amide bonds. The highest BCUT2D eigenvalue weighted by molar-refractivity contribution is 6.05. The Kier molecular flexibility index (Phi) is 4.94. The molecule has 2 N–H and O–H groups in total. The van der Waals surface area contributed by atoms with Gasteiger partial charge in [-0.1, -0.05) is 6.58 Å². The quantitative estimate of drug-likeness (QED) is 0.727. The molecule has 0 saturated heterocycles. The molecule has 0 aliphatic carbocycles. The number of aromatic amines is 2. The number of nitrogens with zero attached hydrogens (tertiary/aromatic N) is 3. The molecule has 0 unspecified atom stereocenters. The molecule has 0 bridgehead atoms. The molecular weight excluding hydrogens is 342 g/mol. The highest BCUT2D eigenvalue weighted by Crippen LogP contribution is 2.21. The van der Waals surface area contributed by atoms with Crippen LogP contribution in [0, 0.1) is 13.8 Å². The van der Waals surface area contributed by atoms with Gasteiger partial charge in [0, 0.05) is 17.3 Å². The summed E-state index contributed by atoms with van der Waals surface area (Å²) in [5.74, 6) is -0.179. The number of hydrogen-bond donors (Lipinski definition) is 2. The van der Waals surface area contributed by atoms with Gasteiger partial charge in [-0.2, -0.15) is 5.10 Å². The average Bonchev–Trinajstić information content (AvgIpc) is 3.07. The van der Waals surface area contributed by atoms with E-state index in [-0.39, 0.29) is 24.1 Å². The molecule has 0 radical (unpaired) electrons. The molecule has 0 fully saturated rings. The minimum atomic E-state index is -0.179. The number of aromatic nitrogens is 4. The fourth-order valence-electron chi connectivity index (χ4n) is 3.12. The Morgan fingerprint density at radius 2 is 2.07 bits per heavy atom. The Balaban J connectivity index is 2.07. The number of carbonyl (C=O) groups excluding carboxylic acids is 1. The van der Waals surface area contributed by atoms with Gasteiger partial charge in [-0.05, 0) is 51.5 Å². The minimum absolute atomic E-state index is 0.0973. The van der Waals surface area contributed by atoms with Crippen molar-refractivity contribution in [1.82, 2.24) is 25.1 Å². The third-order valence-corrected chi connectivity index (χ3v) is 4.59. The zero-order chi connectivity index (χ0) is 19.7. The zero-order valence-corrected chi connectivity index (χ0v) is 16.0. The van der Waals surface area contributed by atoms with Crippen LogP contribution in [0.5, 0.6) is 0 Å². The second-order valence-corrected chi connectivity index (χ2v) is 6.90. The van der Waals surface area contributed by atoms with E-state index in [4.69, 9.17) is 0 Å². The molecule has 3 aromatic rings. The molecule has 0 aliphatic heterocycles. The summed E-state index contributed by atoms with van der Waals surface area (Å²) in [4.78, 5) is 34.6. The van der Waals surface area contributed by atoms with Gasteiger partial charge in [0.2, 0.25) is 0 Å². The van der Waals surface area contributed by atoms with Gasteiger partial charge < -0.3 is 9.88 Å². The number of nitrogens with one attached hydrogen (secondary N) is 2. The van der Waals surface area contributed by atoms with E-state index in [1.807, 2.05) is 33.8 Å². The number of hydrogen-bond acceptors (Lipinski definition) is 4. The Labute approximate surface area is 157 Å². The van der Waals surface area contributed by atoms with Gasteiger partial charge in [0.15, 0.2) is 5.65 Å². The van der Waals surface area contributed by atoms with E-state index in [0.29, 0.717) is 27.9 Å². The van der Waals surface area contributed by atoms with E-state index in [0.717, 1.165) is 11.3 Å².